The molecular weight excluding hydrogens is 326 g/mol. The van der Waals surface area contributed by atoms with Crippen molar-refractivity contribution in [3.8, 4) is 0 Å². The van der Waals surface area contributed by atoms with Crippen molar-refractivity contribution in [2.24, 2.45) is 11.1 Å². The summed E-state index contributed by atoms with van der Waals surface area (Å²) in [5.41, 5.74) is 6.68. The molecule has 1 aromatic carbocycles. The number of hydrogen-bond donors (Lipinski definition) is 2. The second-order valence-corrected chi connectivity index (χ2v) is 8.92. The highest BCUT2D eigenvalue weighted by molar-refractivity contribution is 7.92. The number of anilines is 1. The SMILES string of the molecule is CCCS(=O)(=O)Nc1ccccc1C(=O)N1CCC(N)C(C)(C)C1. The summed E-state index contributed by atoms with van der Waals surface area (Å²) in [6.45, 7) is 7.04. The fourth-order valence-electron chi connectivity index (χ4n) is 2.96. The van der Waals surface area contributed by atoms with Crippen molar-refractivity contribution in [2.45, 2.75) is 39.7 Å². The van der Waals surface area contributed by atoms with Gasteiger partial charge in [0, 0.05) is 19.1 Å². The van der Waals surface area contributed by atoms with Gasteiger partial charge in [0.25, 0.3) is 5.91 Å². The molecule has 0 aromatic heterocycles. The molecule has 1 unspecified atom stereocenters. The fraction of sp³-hybridized carbons (Fsp3) is 0.588. The molecule has 134 valence electrons. The first kappa shape index (κ1) is 18.7. The number of piperidine rings is 1. The van der Waals surface area contributed by atoms with E-state index in [4.69, 9.17) is 5.73 Å². The maximum absolute atomic E-state index is 12.9. The minimum absolute atomic E-state index is 0.0289. The van der Waals surface area contributed by atoms with Crippen LogP contribution in [0.5, 0.6) is 0 Å². The predicted molar refractivity (Wildman–Crippen MR) is 96.4 cm³/mol. The number of amides is 1. The molecule has 0 spiro atoms. The number of sulfonamides is 1. The van der Waals surface area contributed by atoms with Crippen LogP contribution in [0.1, 0.15) is 44.0 Å². The Balaban J connectivity index is 2.25. The third-order valence-electron chi connectivity index (χ3n) is 4.50. The predicted octanol–water partition coefficient (Wildman–Crippen LogP) is 2.04. The average Bonchev–Trinajstić information content (AvgIpc) is 2.49. The van der Waals surface area contributed by atoms with E-state index in [1.807, 2.05) is 13.8 Å². The topological polar surface area (TPSA) is 92.5 Å². The Kier molecular flexibility index (Phi) is 5.55. The van der Waals surface area contributed by atoms with Gasteiger partial charge >= 0.3 is 0 Å². The van der Waals surface area contributed by atoms with Gasteiger partial charge in [-0.3, -0.25) is 9.52 Å². The normalized spacial score (nSPS) is 20.7. The molecule has 1 aromatic rings. The van der Waals surface area contributed by atoms with Crippen molar-refractivity contribution in [2.75, 3.05) is 23.6 Å². The number of nitrogens with two attached hydrogens (primary N) is 1. The van der Waals surface area contributed by atoms with Crippen LogP contribution in [0, 0.1) is 5.41 Å². The van der Waals surface area contributed by atoms with Crippen LogP contribution in [0.15, 0.2) is 24.3 Å². The molecule has 1 heterocycles. The number of benzene rings is 1. The summed E-state index contributed by atoms with van der Waals surface area (Å²) in [5.74, 6) is -0.133. The lowest BCUT2D eigenvalue weighted by Crippen LogP contribution is -2.54. The molecule has 0 saturated carbocycles. The lowest BCUT2D eigenvalue weighted by molar-refractivity contribution is 0.0534. The summed E-state index contributed by atoms with van der Waals surface area (Å²) in [7, 11) is -3.44. The van der Waals surface area contributed by atoms with E-state index >= 15 is 0 Å². The van der Waals surface area contributed by atoms with Gasteiger partial charge < -0.3 is 10.6 Å². The monoisotopic (exact) mass is 353 g/mol. The molecule has 1 atom stereocenters. The van der Waals surface area contributed by atoms with Crippen LogP contribution in [0.25, 0.3) is 0 Å². The lowest BCUT2D eigenvalue weighted by atomic mass is 9.79. The molecule has 1 aliphatic heterocycles. The quantitative estimate of drug-likeness (QED) is 0.847. The smallest absolute Gasteiger partial charge is 0.256 e. The van der Waals surface area contributed by atoms with E-state index in [-0.39, 0.29) is 23.1 Å². The summed E-state index contributed by atoms with van der Waals surface area (Å²) in [6.07, 6.45) is 1.26. The molecule has 1 amide bonds. The molecule has 1 aliphatic rings. The second-order valence-electron chi connectivity index (χ2n) is 7.08. The highest BCUT2D eigenvalue weighted by Crippen LogP contribution is 2.29. The molecule has 1 fully saturated rings. The Morgan fingerprint density at radius 3 is 2.67 bits per heavy atom. The molecule has 6 nitrogen and oxygen atoms in total. The lowest BCUT2D eigenvalue weighted by Gasteiger charge is -2.42. The number of carbonyl (C=O) groups excluding carboxylic acids is 1. The van der Waals surface area contributed by atoms with Gasteiger partial charge in [0.05, 0.1) is 17.0 Å². The van der Waals surface area contributed by atoms with Gasteiger partial charge in [-0.25, -0.2) is 8.42 Å². The summed E-state index contributed by atoms with van der Waals surface area (Å²) in [5, 5.41) is 0. The van der Waals surface area contributed by atoms with E-state index in [2.05, 4.69) is 4.72 Å². The molecule has 1 saturated heterocycles. The van der Waals surface area contributed by atoms with Gasteiger partial charge in [-0.2, -0.15) is 0 Å². The van der Waals surface area contributed by atoms with E-state index in [0.29, 0.717) is 30.8 Å². The van der Waals surface area contributed by atoms with Gasteiger partial charge in [-0.15, -0.1) is 0 Å². The van der Waals surface area contributed by atoms with Crippen LogP contribution >= 0.6 is 0 Å². The Morgan fingerprint density at radius 1 is 1.38 bits per heavy atom. The van der Waals surface area contributed by atoms with Crippen molar-refractivity contribution >= 4 is 21.6 Å². The van der Waals surface area contributed by atoms with E-state index in [1.165, 1.54) is 0 Å². The summed E-state index contributed by atoms with van der Waals surface area (Å²) >= 11 is 0. The summed E-state index contributed by atoms with van der Waals surface area (Å²) in [4.78, 5) is 14.7. The summed E-state index contributed by atoms with van der Waals surface area (Å²) < 4.78 is 26.6. The zero-order chi connectivity index (χ0) is 18.0. The number of nitrogens with zero attached hydrogens (tertiary/aromatic N) is 1. The molecule has 0 aliphatic carbocycles. The minimum Gasteiger partial charge on any atom is -0.338 e. The highest BCUT2D eigenvalue weighted by atomic mass is 32.2. The first-order valence-corrected chi connectivity index (χ1v) is 9.96. The molecular formula is C17H27N3O3S. The van der Waals surface area contributed by atoms with Gasteiger partial charge in [0.1, 0.15) is 0 Å². The molecule has 24 heavy (non-hydrogen) atoms. The number of nitrogens with one attached hydrogen (secondary N) is 1. The molecule has 0 bridgehead atoms. The van der Waals surface area contributed by atoms with Crippen LogP contribution in [-0.4, -0.2) is 44.1 Å². The Bertz CT molecular complexity index is 701. The zero-order valence-corrected chi connectivity index (χ0v) is 15.4. The molecule has 0 radical (unpaired) electrons. The van der Waals surface area contributed by atoms with E-state index in [0.717, 1.165) is 6.42 Å². The van der Waals surface area contributed by atoms with Crippen molar-refractivity contribution in [1.82, 2.24) is 4.90 Å². The summed E-state index contributed by atoms with van der Waals surface area (Å²) in [6, 6.07) is 6.80. The van der Waals surface area contributed by atoms with Gasteiger partial charge in [-0.1, -0.05) is 32.9 Å². The number of rotatable bonds is 5. The number of hydrogen-bond acceptors (Lipinski definition) is 4. The third kappa shape index (κ3) is 4.27. The van der Waals surface area contributed by atoms with E-state index in [9.17, 15) is 13.2 Å². The number of para-hydroxylation sites is 1. The minimum atomic E-state index is -3.44. The Morgan fingerprint density at radius 2 is 2.04 bits per heavy atom. The number of likely N-dealkylation sites (tertiary alicyclic amines) is 1. The highest BCUT2D eigenvalue weighted by Gasteiger charge is 2.36. The van der Waals surface area contributed by atoms with Gasteiger partial charge in [-0.05, 0) is 30.4 Å². The first-order valence-electron chi connectivity index (χ1n) is 8.30. The van der Waals surface area contributed by atoms with Crippen LogP contribution < -0.4 is 10.5 Å². The second kappa shape index (κ2) is 7.11. The van der Waals surface area contributed by atoms with Gasteiger partial charge in [0.15, 0.2) is 0 Å². The average molecular weight is 353 g/mol. The Hall–Kier alpha value is -1.60. The van der Waals surface area contributed by atoms with Gasteiger partial charge in [0.2, 0.25) is 10.0 Å². The van der Waals surface area contributed by atoms with Crippen LogP contribution in [0.2, 0.25) is 0 Å². The fourth-order valence-corrected chi connectivity index (χ4v) is 4.12. The van der Waals surface area contributed by atoms with Crippen molar-refractivity contribution < 1.29 is 13.2 Å². The molecule has 2 rings (SSSR count). The standard InChI is InChI=1S/C17H27N3O3S/c1-4-11-24(22,23)19-14-8-6-5-7-13(14)16(21)20-10-9-15(18)17(2,3)12-20/h5-8,15,19H,4,9-12,18H2,1-3H3. The zero-order valence-electron chi connectivity index (χ0n) is 14.6. The van der Waals surface area contributed by atoms with E-state index < -0.39 is 10.0 Å². The molecule has 3 N–H and O–H groups in total. The van der Waals surface area contributed by atoms with Crippen LogP contribution in [0.4, 0.5) is 5.69 Å². The largest absolute Gasteiger partial charge is 0.338 e. The van der Waals surface area contributed by atoms with Crippen molar-refractivity contribution in [3.05, 3.63) is 29.8 Å². The van der Waals surface area contributed by atoms with Crippen LogP contribution in [0.3, 0.4) is 0 Å². The van der Waals surface area contributed by atoms with E-state index in [1.54, 1.807) is 36.1 Å². The Labute approximate surface area is 144 Å². The maximum atomic E-state index is 12.9. The third-order valence-corrected chi connectivity index (χ3v) is 5.97. The number of carbonyl (C=O) groups is 1. The molecule has 7 heteroatoms. The van der Waals surface area contributed by atoms with Crippen molar-refractivity contribution in [3.63, 3.8) is 0 Å². The first-order chi connectivity index (χ1) is 11.2. The van der Waals surface area contributed by atoms with Crippen molar-refractivity contribution in [1.29, 1.82) is 0 Å². The van der Waals surface area contributed by atoms with Crippen LogP contribution in [-0.2, 0) is 10.0 Å². The maximum Gasteiger partial charge on any atom is 0.256 e.